The summed E-state index contributed by atoms with van der Waals surface area (Å²) < 4.78 is 5.29. The molecule has 1 N–H and O–H groups in total. The minimum Gasteiger partial charge on any atom is -0.497 e. The largest absolute Gasteiger partial charge is 0.497 e. The van der Waals surface area contributed by atoms with Crippen LogP contribution in [0.4, 0.5) is 0 Å². The van der Waals surface area contributed by atoms with Gasteiger partial charge in [0.1, 0.15) is 5.75 Å². The van der Waals surface area contributed by atoms with Gasteiger partial charge in [0.05, 0.1) is 13.2 Å². The Labute approximate surface area is 188 Å². The smallest absolute Gasteiger partial charge is 0.222 e. The molecular formula is C25H41N3O3. The van der Waals surface area contributed by atoms with Crippen molar-refractivity contribution in [3.05, 3.63) is 29.8 Å². The molecule has 1 aliphatic heterocycles. The number of hydrogen-bond donors (Lipinski definition) is 1. The molecule has 1 atom stereocenters. The Bertz CT molecular complexity index is 650. The number of carbonyl (C=O) groups excluding carboxylic acids is 2. The summed E-state index contributed by atoms with van der Waals surface area (Å²) in [5, 5.41) is 3.12. The number of likely N-dealkylation sites (tertiary alicyclic amines) is 1. The summed E-state index contributed by atoms with van der Waals surface area (Å²) in [7, 11) is 1.67. The van der Waals surface area contributed by atoms with Crippen molar-refractivity contribution < 1.29 is 14.3 Å². The third-order valence-electron chi connectivity index (χ3n) is 5.96. The minimum atomic E-state index is 0.0286. The van der Waals surface area contributed by atoms with E-state index in [0.717, 1.165) is 44.8 Å². The molecule has 2 rings (SSSR count). The molecule has 1 aliphatic rings. The zero-order valence-electron chi connectivity index (χ0n) is 19.7. The van der Waals surface area contributed by atoms with Crippen molar-refractivity contribution >= 4 is 11.8 Å². The summed E-state index contributed by atoms with van der Waals surface area (Å²) in [6, 6.07) is 8.33. The number of ether oxygens (including phenoxy) is 1. The van der Waals surface area contributed by atoms with Crippen molar-refractivity contribution in [2.45, 2.75) is 71.3 Å². The molecule has 1 aromatic carbocycles. The highest BCUT2D eigenvalue weighted by Gasteiger charge is 2.23. The average molecular weight is 432 g/mol. The molecule has 0 radical (unpaired) electrons. The summed E-state index contributed by atoms with van der Waals surface area (Å²) in [6.45, 7) is 8.50. The van der Waals surface area contributed by atoms with Crippen LogP contribution >= 0.6 is 0 Å². The van der Waals surface area contributed by atoms with E-state index in [0.29, 0.717) is 25.8 Å². The quantitative estimate of drug-likeness (QED) is 0.509. The van der Waals surface area contributed by atoms with Crippen molar-refractivity contribution in [1.82, 2.24) is 15.1 Å². The van der Waals surface area contributed by atoms with Crippen LogP contribution in [0.1, 0.15) is 76.8 Å². The van der Waals surface area contributed by atoms with Crippen LogP contribution in [0.5, 0.6) is 5.75 Å². The van der Waals surface area contributed by atoms with Crippen molar-refractivity contribution in [1.29, 1.82) is 0 Å². The van der Waals surface area contributed by atoms with Gasteiger partial charge < -0.3 is 15.0 Å². The molecule has 0 bridgehead atoms. The summed E-state index contributed by atoms with van der Waals surface area (Å²) in [6.07, 6.45) is 7.06. The summed E-state index contributed by atoms with van der Waals surface area (Å²) >= 11 is 0. The van der Waals surface area contributed by atoms with Crippen LogP contribution in [0.2, 0.25) is 0 Å². The number of amides is 2. The Hall–Kier alpha value is -2.08. The fraction of sp³-hybridized carbons (Fsp3) is 0.680. The summed E-state index contributed by atoms with van der Waals surface area (Å²) in [4.78, 5) is 29.3. The first-order chi connectivity index (χ1) is 15.1. The number of piperidine rings is 1. The van der Waals surface area contributed by atoms with E-state index in [4.69, 9.17) is 4.74 Å². The molecule has 0 aliphatic carbocycles. The SMILES string of the molecule is CCCN(CCC)C(=O)CCCC(=O)NCC(c1ccc(OC)cc1)N1CCCCC1. The fourth-order valence-corrected chi connectivity index (χ4v) is 4.27. The van der Waals surface area contributed by atoms with Crippen LogP contribution in [0.3, 0.4) is 0 Å². The van der Waals surface area contributed by atoms with Gasteiger partial charge in [-0.3, -0.25) is 14.5 Å². The van der Waals surface area contributed by atoms with Crippen LogP contribution in [0.15, 0.2) is 24.3 Å². The predicted octanol–water partition coefficient (Wildman–Crippen LogP) is 4.16. The fourth-order valence-electron chi connectivity index (χ4n) is 4.27. The summed E-state index contributed by atoms with van der Waals surface area (Å²) in [5.41, 5.74) is 1.20. The molecule has 1 heterocycles. The molecule has 2 amide bonds. The van der Waals surface area contributed by atoms with E-state index in [-0.39, 0.29) is 17.9 Å². The maximum atomic E-state index is 12.5. The maximum absolute atomic E-state index is 12.5. The minimum absolute atomic E-state index is 0.0286. The highest BCUT2D eigenvalue weighted by atomic mass is 16.5. The molecule has 1 fully saturated rings. The van der Waals surface area contributed by atoms with Crippen molar-refractivity contribution in [3.8, 4) is 5.75 Å². The molecular weight excluding hydrogens is 390 g/mol. The lowest BCUT2D eigenvalue weighted by atomic mass is 10.0. The number of methoxy groups -OCH3 is 1. The zero-order chi connectivity index (χ0) is 22.5. The van der Waals surface area contributed by atoms with E-state index in [1.807, 2.05) is 17.0 Å². The standard InChI is InChI=1S/C25H41N3O3/c1-4-16-28(17-5-2)25(30)11-9-10-24(29)26-20-23(27-18-7-6-8-19-27)21-12-14-22(31-3)15-13-21/h12-15,23H,4-11,16-20H2,1-3H3,(H,26,29). The van der Waals surface area contributed by atoms with E-state index in [9.17, 15) is 9.59 Å². The van der Waals surface area contributed by atoms with Crippen LogP contribution in [-0.2, 0) is 9.59 Å². The third kappa shape index (κ3) is 8.52. The monoisotopic (exact) mass is 431 g/mol. The first kappa shape index (κ1) is 25.2. The van der Waals surface area contributed by atoms with Crippen LogP contribution in [-0.4, -0.2) is 61.4 Å². The Morgan fingerprint density at radius 3 is 2.26 bits per heavy atom. The van der Waals surface area contributed by atoms with E-state index in [1.165, 1.54) is 24.8 Å². The number of carbonyl (C=O) groups is 2. The van der Waals surface area contributed by atoms with E-state index < -0.39 is 0 Å². The molecule has 0 spiro atoms. The van der Waals surface area contributed by atoms with Gasteiger partial charge in [0, 0.05) is 32.5 Å². The van der Waals surface area contributed by atoms with Crippen molar-refractivity contribution in [2.75, 3.05) is 39.8 Å². The molecule has 1 unspecified atom stereocenters. The average Bonchev–Trinajstić information content (AvgIpc) is 2.80. The molecule has 0 saturated carbocycles. The zero-order valence-corrected chi connectivity index (χ0v) is 19.7. The van der Waals surface area contributed by atoms with Gasteiger partial charge in [0.25, 0.3) is 0 Å². The second kappa shape index (κ2) is 14.1. The van der Waals surface area contributed by atoms with Crippen LogP contribution < -0.4 is 10.1 Å². The molecule has 31 heavy (non-hydrogen) atoms. The van der Waals surface area contributed by atoms with E-state index >= 15 is 0 Å². The number of hydrogen-bond acceptors (Lipinski definition) is 4. The summed E-state index contributed by atoms with van der Waals surface area (Å²) in [5.74, 6) is 1.04. The van der Waals surface area contributed by atoms with Gasteiger partial charge in [-0.2, -0.15) is 0 Å². The van der Waals surface area contributed by atoms with Gasteiger partial charge in [-0.05, 0) is 62.9 Å². The van der Waals surface area contributed by atoms with E-state index in [1.54, 1.807) is 7.11 Å². The number of nitrogens with one attached hydrogen (secondary N) is 1. The number of rotatable bonds is 13. The highest BCUT2D eigenvalue weighted by molar-refractivity contribution is 5.79. The molecule has 6 heteroatoms. The van der Waals surface area contributed by atoms with Gasteiger partial charge in [-0.25, -0.2) is 0 Å². The molecule has 174 valence electrons. The third-order valence-corrected chi connectivity index (χ3v) is 5.96. The Morgan fingerprint density at radius 1 is 1.03 bits per heavy atom. The Kier molecular flexibility index (Phi) is 11.4. The normalized spacial score (nSPS) is 15.3. The number of benzene rings is 1. The van der Waals surface area contributed by atoms with Crippen molar-refractivity contribution in [2.24, 2.45) is 0 Å². The highest BCUT2D eigenvalue weighted by Crippen LogP contribution is 2.26. The first-order valence-corrected chi connectivity index (χ1v) is 12.0. The van der Waals surface area contributed by atoms with Gasteiger partial charge in [-0.15, -0.1) is 0 Å². The molecule has 1 saturated heterocycles. The number of nitrogens with zero attached hydrogens (tertiary/aromatic N) is 2. The lowest BCUT2D eigenvalue weighted by Gasteiger charge is -2.35. The van der Waals surface area contributed by atoms with Gasteiger partial charge in [0.2, 0.25) is 11.8 Å². The Balaban J connectivity index is 1.85. The molecule has 1 aromatic rings. The maximum Gasteiger partial charge on any atom is 0.222 e. The van der Waals surface area contributed by atoms with Gasteiger partial charge >= 0.3 is 0 Å². The van der Waals surface area contributed by atoms with Gasteiger partial charge in [-0.1, -0.05) is 32.4 Å². The lowest BCUT2D eigenvalue weighted by molar-refractivity contribution is -0.131. The second-order valence-corrected chi connectivity index (χ2v) is 8.42. The van der Waals surface area contributed by atoms with Crippen LogP contribution in [0, 0.1) is 0 Å². The Morgan fingerprint density at radius 2 is 1.68 bits per heavy atom. The predicted molar refractivity (Wildman–Crippen MR) is 125 cm³/mol. The van der Waals surface area contributed by atoms with Gasteiger partial charge in [0.15, 0.2) is 0 Å². The molecule has 0 aromatic heterocycles. The van der Waals surface area contributed by atoms with E-state index in [2.05, 4.69) is 36.2 Å². The molecule has 6 nitrogen and oxygen atoms in total. The van der Waals surface area contributed by atoms with Crippen LogP contribution in [0.25, 0.3) is 0 Å². The lowest BCUT2D eigenvalue weighted by Crippen LogP contribution is -2.40. The second-order valence-electron chi connectivity index (χ2n) is 8.42. The first-order valence-electron chi connectivity index (χ1n) is 12.0. The van der Waals surface area contributed by atoms with Crippen molar-refractivity contribution in [3.63, 3.8) is 0 Å². The topological polar surface area (TPSA) is 61.9 Å².